The highest BCUT2D eigenvalue weighted by atomic mass is 16.5. The second kappa shape index (κ2) is 7.39. The highest BCUT2D eigenvalue weighted by Gasteiger charge is 2.08. The smallest absolute Gasteiger partial charge is 0.326 e. The normalized spacial score (nSPS) is 9.61. The molecule has 96 valence electrons. The summed E-state index contributed by atoms with van der Waals surface area (Å²) in [4.78, 5) is 11.4. The van der Waals surface area contributed by atoms with Gasteiger partial charge in [0.05, 0.1) is 0 Å². The number of ether oxygens (including phenoxy) is 1. The van der Waals surface area contributed by atoms with Crippen LogP contribution >= 0.6 is 0 Å². The highest BCUT2D eigenvalue weighted by Crippen LogP contribution is 2.22. The van der Waals surface area contributed by atoms with E-state index in [1.54, 1.807) is 0 Å². The summed E-state index contributed by atoms with van der Waals surface area (Å²) in [6, 6.07) is 6.17. The van der Waals surface area contributed by atoms with Crippen LogP contribution in [0, 0.1) is 12.3 Å². The standard InChI is InChI=1S/C15H19NO2/c1-4-10-18-14(17)11-16-15-12(5-2)8-7-9-13(15)6-3/h1,7-9,16H,5-6,10-11H2,2-3H3. The van der Waals surface area contributed by atoms with Crippen LogP contribution in [0.2, 0.25) is 0 Å². The molecule has 1 aromatic carbocycles. The summed E-state index contributed by atoms with van der Waals surface area (Å²) in [6.07, 6.45) is 6.88. The first-order valence-electron chi connectivity index (χ1n) is 6.16. The van der Waals surface area contributed by atoms with Gasteiger partial charge in [0.15, 0.2) is 6.61 Å². The summed E-state index contributed by atoms with van der Waals surface area (Å²) in [7, 11) is 0. The van der Waals surface area contributed by atoms with Crippen LogP contribution in [-0.2, 0) is 22.4 Å². The van der Waals surface area contributed by atoms with Crippen molar-refractivity contribution in [2.24, 2.45) is 0 Å². The zero-order chi connectivity index (χ0) is 13.4. The van der Waals surface area contributed by atoms with Crippen molar-refractivity contribution in [3.8, 4) is 12.3 Å². The maximum Gasteiger partial charge on any atom is 0.326 e. The maximum atomic E-state index is 11.4. The Morgan fingerprint density at radius 3 is 2.44 bits per heavy atom. The minimum absolute atomic E-state index is 0.0244. The SMILES string of the molecule is C#CCOC(=O)CNc1c(CC)cccc1CC. The van der Waals surface area contributed by atoms with Crippen molar-refractivity contribution in [3.05, 3.63) is 29.3 Å². The monoisotopic (exact) mass is 245 g/mol. The number of hydrogen-bond acceptors (Lipinski definition) is 3. The number of carbonyl (C=O) groups excluding carboxylic acids is 1. The number of aryl methyl sites for hydroxylation is 2. The Morgan fingerprint density at radius 2 is 1.94 bits per heavy atom. The lowest BCUT2D eigenvalue weighted by Crippen LogP contribution is -2.18. The van der Waals surface area contributed by atoms with Gasteiger partial charge in [0.25, 0.3) is 0 Å². The first-order chi connectivity index (χ1) is 8.72. The number of nitrogens with one attached hydrogen (secondary N) is 1. The van der Waals surface area contributed by atoms with Gasteiger partial charge >= 0.3 is 5.97 Å². The van der Waals surface area contributed by atoms with Gasteiger partial charge in [-0.1, -0.05) is 38.0 Å². The van der Waals surface area contributed by atoms with E-state index in [-0.39, 0.29) is 19.1 Å². The average molecular weight is 245 g/mol. The number of anilines is 1. The summed E-state index contributed by atoms with van der Waals surface area (Å²) >= 11 is 0. The Balaban J connectivity index is 2.71. The second-order valence-electron chi connectivity index (χ2n) is 3.88. The van der Waals surface area contributed by atoms with Gasteiger partial charge < -0.3 is 10.1 Å². The number of esters is 1. The van der Waals surface area contributed by atoms with Crippen LogP contribution in [0.1, 0.15) is 25.0 Å². The van der Waals surface area contributed by atoms with Crippen molar-refractivity contribution in [1.82, 2.24) is 0 Å². The predicted molar refractivity (Wildman–Crippen MR) is 73.5 cm³/mol. The Bertz CT molecular complexity index is 424. The lowest BCUT2D eigenvalue weighted by molar-refractivity contribution is -0.140. The third-order valence-electron chi connectivity index (χ3n) is 2.72. The van der Waals surface area contributed by atoms with E-state index in [1.807, 2.05) is 6.07 Å². The summed E-state index contributed by atoms with van der Waals surface area (Å²) in [5.74, 6) is 1.94. The molecule has 0 atom stereocenters. The van der Waals surface area contributed by atoms with Gasteiger partial charge in [0, 0.05) is 5.69 Å². The van der Waals surface area contributed by atoms with Crippen LogP contribution in [0.25, 0.3) is 0 Å². The Morgan fingerprint density at radius 1 is 1.33 bits per heavy atom. The van der Waals surface area contributed by atoms with Gasteiger partial charge in [-0.05, 0) is 24.0 Å². The summed E-state index contributed by atoms with van der Waals surface area (Å²) < 4.78 is 4.82. The van der Waals surface area contributed by atoms with Gasteiger partial charge in [-0.3, -0.25) is 4.79 Å². The highest BCUT2D eigenvalue weighted by molar-refractivity contribution is 5.76. The third-order valence-corrected chi connectivity index (χ3v) is 2.72. The molecule has 0 spiro atoms. The van der Waals surface area contributed by atoms with Crippen LogP contribution in [0.5, 0.6) is 0 Å². The van der Waals surface area contributed by atoms with Crippen molar-refractivity contribution in [3.63, 3.8) is 0 Å². The van der Waals surface area contributed by atoms with E-state index in [4.69, 9.17) is 11.2 Å². The molecular weight excluding hydrogens is 226 g/mol. The Hall–Kier alpha value is -1.95. The van der Waals surface area contributed by atoms with Crippen molar-refractivity contribution < 1.29 is 9.53 Å². The number of terminal acetylenes is 1. The van der Waals surface area contributed by atoms with Crippen molar-refractivity contribution in [2.75, 3.05) is 18.5 Å². The van der Waals surface area contributed by atoms with Gasteiger partial charge in [0.2, 0.25) is 0 Å². The van der Waals surface area contributed by atoms with Crippen LogP contribution in [0.4, 0.5) is 5.69 Å². The molecule has 3 nitrogen and oxygen atoms in total. The first-order valence-corrected chi connectivity index (χ1v) is 6.16. The number of para-hydroxylation sites is 1. The average Bonchev–Trinajstić information content (AvgIpc) is 2.42. The fourth-order valence-electron chi connectivity index (χ4n) is 1.80. The number of carbonyl (C=O) groups is 1. The summed E-state index contributed by atoms with van der Waals surface area (Å²) in [5.41, 5.74) is 3.46. The molecule has 0 saturated carbocycles. The molecule has 0 aliphatic rings. The van der Waals surface area contributed by atoms with Crippen molar-refractivity contribution >= 4 is 11.7 Å². The topological polar surface area (TPSA) is 38.3 Å². The number of hydrogen-bond donors (Lipinski definition) is 1. The largest absolute Gasteiger partial charge is 0.451 e. The minimum Gasteiger partial charge on any atom is -0.451 e. The van der Waals surface area contributed by atoms with Gasteiger partial charge in [0.1, 0.15) is 6.54 Å². The van der Waals surface area contributed by atoms with Crippen molar-refractivity contribution in [1.29, 1.82) is 0 Å². The second-order valence-corrected chi connectivity index (χ2v) is 3.88. The Kier molecular flexibility index (Phi) is 5.79. The molecule has 18 heavy (non-hydrogen) atoms. The molecule has 1 aromatic rings. The van der Waals surface area contributed by atoms with Crippen LogP contribution < -0.4 is 5.32 Å². The van der Waals surface area contributed by atoms with Crippen molar-refractivity contribution in [2.45, 2.75) is 26.7 Å². The molecule has 0 aliphatic heterocycles. The molecule has 3 heteroatoms. The zero-order valence-electron chi connectivity index (χ0n) is 11.0. The predicted octanol–water partition coefficient (Wildman–Crippen LogP) is 2.40. The molecule has 0 unspecified atom stereocenters. The molecule has 1 rings (SSSR count). The summed E-state index contributed by atoms with van der Waals surface area (Å²) in [5, 5.41) is 3.15. The molecule has 0 saturated heterocycles. The van der Waals surface area contributed by atoms with E-state index in [0.717, 1.165) is 18.5 Å². The third kappa shape index (κ3) is 3.81. The van der Waals surface area contributed by atoms with E-state index in [2.05, 4.69) is 37.2 Å². The van der Waals surface area contributed by atoms with E-state index in [9.17, 15) is 4.79 Å². The number of rotatable bonds is 6. The minimum atomic E-state index is -0.332. The molecular formula is C15H19NO2. The lowest BCUT2D eigenvalue weighted by Gasteiger charge is -2.14. The van der Waals surface area contributed by atoms with Crippen LogP contribution in [-0.4, -0.2) is 19.1 Å². The lowest BCUT2D eigenvalue weighted by atomic mass is 10.0. The Labute approximate surface area is 109 Å². The van der Waals surface area contributed by atoms with Gasteiger partial charge in [-0.15, -0.1) is 6.42 Å². The zero-order valence-corrected chi connectivity index (χ0v) is 11.0. The van der Waals surface area contributed by atoms with Crippen LogP contribution in [0.3, 0.4) is 0 Å². The fourth-order valence-corrected chi connectivity index (χ4v) is 1.80. The first kappa shape index (κ1) is 14.1. The van der Waals surface area contributed by atoms with E-state index >= 15 is 0 Å². The molecule has 0 heterocycles. The molecule has 0 aliphatic carbocycles. The van der Waals surface area contributed by atoms with Crippen LogP contribution in [0.15, 0.2) is 18.2 Å². The fraction of sp³-hybridized carbons (Fsp3) is 0.400. The number of benzene rings is 1. The van der Waals surface area contributed by atoms with Gasteiger partial charge in [-0.2, -0.15) is 0 Å². The molecule has 0 fully saturated rings. The van der Waals surface area contributed by atoms with E-state index in [0.29, 0.717) is 0 Å². The quantitative estimate of drug-likeness (QED) is 0.618. The molecule has 0 radical (unpaired) electrons. The van der Waals surface area contributed by atoms with Gasteiger partial charge in [-0.25, -0.2) is 0 Å². The van der Waals surface area contributed by atoms with E-state index in [1.165, 1.54) is 11.1 Å². The van der Waals surface area contributed by atoms with E-state index < -0.39 is 0 Å². The summed E-state index contributed by atoms with van der Waals surface area (Å²) in [6.45, 7) is 4.36. The molecule has 0 amide bonds. The maximum absolute atomic E-state index is 11.4. The molecule has 0 bridgehead atoms. The molecule has 1 N–H and O–H groups in total. The molecule has 0 aromatic heterocycles.